The van der Waals surface area contributed by atoms with E-state index in [-0.39, 0.29) is 11.6 Å². The molecule has 1 aliphatic rings. The summed E-state index contributed by atoms with van der Waals surface area (Å²) in [5.74, 6) is 0.945. The lowest BCUT2D eigenvalue weighted by molar-refractivity contribution is -0.129. The molecule has 32 heavy (non-hydrogen) atoms. The van der Waals surface area contributed by atoms with Crippen LogP contribution in [-0.2, 0) is 16.1 Å². The number of carbonyl (C=O) groups excluding carboxylic acids is 1. The van der Waals surface area contributed by atoms with Crippen LogP contribution in [-0.4, -0.2) is 18.5 Å². The molecular formula is C25H19BrClNO4. The molecule has 4 rings (SSSR count). The average molecular weight is 513 g/mol. The first-order chi connectivity index (χ1) is 15.5. The summed E-state index contributed by atoms with van der Waals surface area (Å²) in [4.78, 5) is 16.7. The van der Waals surface area contributed by atoms with Gasteiger partial charge in [0.25, 0.3) is 0 Å². The minimum atomic E-state index is -0.501. The Kier molecular flexibility index (Phi) is 6.93. The molecule has 0 aromatic heterocycles. The van der Waals surface area contributed by atoms with Crippen molar-refractivity contribution in [1.82, 2.24) is 0 Å². The molecular weight excluding hydrogens is 494 g/mol. The van der Waals surface area contributed by atoms with E-state index in [1.165, 1.54) is 0 Å². The van der Waals surface area contributed by atoms with Crippen molar-refractivity contribution >= 4 is 45.5 Å². The third-order valence-corrected chi connectivity index (χ3v) is 5.27. The highest BCUT2D eigenvalue weighted by Gasteiger charge is 2.24. The van der Waals surface area contributed by atoms with Gasteiger partial charge in [0.15, 0.2) is 17.2 Å². The largest absolute Gasteiger partial charge is 0.490 e. The maximum absolute atomic E-state index is 12.3. The molecule has 0 aliphatic carbocycles. The zero-order chi connectivity index (χ0) is 22.5. The fourth-order valence-electron chi connectivity index (χ4n) is 3.10. The number of aliphatic imine (C=N–C) groups is 1. The van der Waals surface area contributed by atoms with Crippen molar-refractivity contribution in [3.05, 3.63) is 98.6 Å². The van der Waals surface area contributed by atoms with Crippen LogP contribution in [0, 0.1) is 0 Å². The van der Waals surface area contributed by atoms with Crippen molar-refractivity contribution < 1.29 is 19.0 Å². The number of ether oxygens (including phenoxy) is 3. The maximum atomic E-state index is 12.3. The van der Waals surface area contributed by atoms with Gasteiger partial charge in [-0.1, -0.05) is 51.8 Å². The number of benzene rings is 3. The van der Waals surface area contributed by atoms with Crippen LogP contribution in [0.25, 0.3) is 6.08 Å². The highest BCUT2D eigenvalue weighted by Crippen LogP contribution is 2.31. The van der Waals surface area contributed by atoms with Gasteiger partial charge < -0.3 is 14.2 Å². The van der Waals surface area contributed by atoms with Crippen LogP contribution < -0.4 is 9.47 Å². The lowest BCUT2D eigenvalue weighted by atomic mass is 10.1. The molecule has 0 bridgehead atoms. The first-order valence-corrected chi connectivity index (χ1v) is 11.1. The predicted octanol–water partition coefficient (Wildman–Crippen LogP) is 6.42. The van der Waals surface area contributed by atoms with E-state index in [4.69, 9.17) is 25.8 Å². The Bertz CT molecular complexity index is 1220. The third-order valence-electron chi connectivity index (χ3n) is 4.55. The van der Waals surface area contributed by atoms with Crippen LogP contribution in [0.2, 0.25) is 5.02 Å². The zero-order valence-electron chi connectivity index (χ0n) is 17.2. The Morgan fingerprint density at radius 3 is 2.66 bits per heavy atom. The Hall–Kier alpha value is -3.09. The molecule has 0 radical (unpaired) electrons. The highest BCUT2D eigenvalue weighted by molar-refractivity contribution is 9.10. The van der Waals surface area contributed by atoms with Gasteiger partial charge in [0.05, 0.1) is 6.61 Å². The fraction of sp³-hybridized carbons (Fsp3) is 0.120. The highest BCUT2D eigenvalue weighted by atomic mass is 79.9. The number of halogens is 2. The van der Waals surface area contributed by atoms with Crippen molar-refractivity contribution in [2.75, 3.05) is 6.61 Å². The van der Waals surface area contributed by atoms with Crippen LogP contribution in [0.4, 0.5) is 0 Å². The molecule has 0 fully saturated rings. The second-order valence-corrected chi connectivity index (χ2v) is 8.26. The van der Waals surface area contributed by atoms with Gasteiger partial charge in [-0.25, -0.2) is 9.79 Å². The van der Waals surface area contributed by atoms with E-state index in [2.05, 4.69) is 20.9 Å². The topological polar surface area (TPSA) is 57.1 Å². The average Bonchev–Trinajstić information content (AvgIpc) is 3.14. The first-order valence-electron chi connectivity index (χ1n) is 9.94. The van der Waals surface area contributed by atoms with Crippen LogP contribution in [0.5, 0.6) is 11.5 Å². The molecule has 162 valence electrons. The summed E-state index contributed by atoms with van der Waals surface area (Å²) in [5.41, 5.74) is 2.63. The van der Waals surface area contributed by atoms with Gasteiger partial charge in [0.1, 0.15) is 6.61 Å². The molecule has 7 heteroatoms. The van der Waals surface area contributed by atoms with Gasteiger partial charge in [-0.3, -0.25) is 0 Å². The van der Waals surface area contributed by atoms with Crippen molar-refractivity contribution in [3.63, 3.8) is 0 Å². The molecule has 1 heterocycles. The van der Waals surface area contributed by atoms with E-state index < -0.39 is 5.97 Å². The second kappa shape index (κ2) is 10.0. The van der Waals surface area contributed by atoms with Gasteiger partial charge >= 0.3 is 5.97 Å². The summed E-state index contributed by atoms with van der Waals surface area (Å²) in [7, 11) is 0. The number of cyclic esters (lactones) is 1. The molecule has 0 saturated heterocycles. The number of esters is 1. The minimum Gasteiger partial charge on any atom is -0.490 e. The molecule has 0 spiro atoms. The molecule has 0 unspecified atom stereocenters. The van der Waals surface area contributed by atoms with E-state index in [9.17, 15) is 4.79 Å². The van der Waals surface area contributed by atoms with Crippen molar-refractivity contribution in [1.29, 1.82) is 0 Å². The molecule has 5 nitrogen and oxygen atoms in total. The van der Waals surface area contributed by atoms with Gasteiger partial charge in [-0.15, -0.1) is 0 Å². The molecule has 1 aliphatic heterocycles. The molecule has 0 atom stereocenters. The standard InChI is InChI=1S/C25H19BrClNO4/c1-2-30-23-13-16(9-10-22(23)31-15-17-5-3-8-20(27)11-17)12-21-25(29)32-24(28-21)18-6-4-7-19(26)14-18/h3-14H,2,15H2,1H3/b21-12-. The van der Waals surface area contributed by atoms with Gasteiger partial charge in [-0.05, 0) is 66.6 Å². The van der Waals surface area contributed by atoms with Gasteiger partial charge in [-0.2, -0.15) is 0 Å². The number of nitrogens with zero attached hydrogens (tertiary/aromatic N) is 1. The third kappa shape index (κ3) is 5.39. The van der Waals surface area contributed by atoms with Gasteiger partial charge in [0, 0.05) is 15.1 Å². The second-order valence-electron chi connectivity index (χ2n) is 6.90. The van der Waals surface area contributed by atoms with E-state index in [0.29, 0.717) is 29.7 Å². The summed E-state index contributed by atoms with van der Waals surface area (Å²) < 4.78 is 17.9. The Morgan fingerprint density at radius 1 is 1.03 bits per heavy atom. The molecule has 0 saturated carbocycles. The zero-order valence-corrected chi connectivity index (χ0v) is 19.5. The lowest BCUT2D eigenvalue weighted by Crippen LogP contribution is -2.05. The predicted molar refractivity (Wildman–Crippen MR) is 128 cm³/mol. The quantitative estimate of drug-likeness (QED) is 0.271. The Labute approximate surface area is 199 Å². The Balaban J connectivity index is 1.56. The van der Waals surface area contributed by atoms with Crippen molar-refractivity contribution in [2.24, 2.45) is 4.99 Å². The van der Waals surface area contributed by atoms with E-state index in [1.807, 2.05) is 67.6 Å². The van der Waals surface area contributed by atoms with Crippen molar-refractivity contribution in [2.45, 2.75) is 13.5 Å². The maximum Gasteiger partial charge on any atom is 0.363 e. The summed E-state index contributed by atoms with van der Waals surface area (Å²) in [6.45, 7) is 2.73. The van der Waals surface area contributed by atoms with Gasteiger partial charge in [0.2, 0.25) is 5.90 Å². The van der Waals surface area contributed by atoms with E-state index in [1.54, 1.807) is 12.1 Å². The smallest absolute Gasteiger partial charge is 0.363 e. The normalized spacial score (nSPS) is 14.3. The Morgan fingerprint density at radius 2 is 1.88 bits per heavy atom. The SMILES string of the molecule is CCOc1cc(/C=C2\N=C(c3cccc(Br)c3)OC2=O)ccc1OCc1cccc(Cl)c1. The monoisotopic (exact) mass is 511 g/mol. The van der Waals surface area contributed by atoms with Crippen molar-refractivity contribution in [3.8, 4) is 11.5 Å². The molecule has 3 aromatic rings. The first kappa shape index (κ1) is 22.1. The summed E-state index contributed by atoms with van der Waals surface area (Å²) in [6.07, 6.45) is 1.66. The fourth-order valence-corrected chi connectivity index (χ4v) is 3.71. The molecule has 3 aromatic carbocycles. The van der Waals surface area contributed by atoms with E-state index >= 15 is 0 Å². The number of carbonyl (C=O) groups is 1. The minimum absolute atomic E-state index is 0.218. The van der Waals surface area contributed by atoms with Crippen LogP contribution in [0.3, 0.4) is 0 Å². The van der Waals surface area contributed by atoms with E-state index in [0.717, 1.165) is 21.2 Å². The number of rotatable bonds is 7. The van der Waals surface area contributed by atoms with Crippen LogP contribution in [0.15, 0.2) is 81.9 Å². The summed E-state index contributed by atoms with van der Waals surface area (Å²) >= 11 is 9.45. The summed E-state index contributed by atoms with van der Waals surface area (Å²) in [6, 6.07) is 20.4. The van der Waals surface area contributed by atoms with Crippen LogP contribution >= 0.6 is 27.5 Å². The lowest BCUT2D eigenvalue weighted by Gasteiger charge is -2.13. The van der Waals surface area contributed by atoms with Crippen LogP contribution in [0.1, 0.15) is 23.6 Å². The number of hydrogen-bond donors (Lipinski definition) is 0. The molecule has 0 amide bonds. The number of hydrogen-bond acceptors (Lipinski definition) is 5. The summed E-state index contributed by atoms with van der Waals surface area (Å²) in [5, 5.41) is 0.657. The molecule has 0 N–H and O–H groups in total.